The van der Waals surface area contributed by atoms with E-state index in [9.17, 15) is 14.0 Å². The van der Waals surface area contributed by atoms with E-state index in [0.717, 1.165) is 27.5 Å². The van der Waals surface area contributed by atoms with Crippen molar-refractivity contribution < 1.29 is 32.6 Å². The van der Waals surface area contributed by atoms with Gasteiger partial charge in [-0.15, -0.1) is 11.3 Å². The third-order valence-electron chi connectivity index (χ3n) is 9.70. The Kier molecular flexibility index (Phi) is 7.78. The molecular weight excluding hydrogens is 640 g/mol. The first-order chi connectivity index (χ1) is 22.8. The van der Waals surface area contributed by atoms with Crippen molar-refractivity contribution in [3.63, 3.8) is 0 Å². The van der Waals surface area contributed by atoms with Crippen molar-refractivity contribution in [1.29, 1.82) is 0 Å². The van der Waals surface area contributed by atoms with Crippen LogP contribution < -0.4 is 10.1 Å². The van der Waals surface area contributed by atoms with Gasteiger partial charge in [0.25, 0.3) is 0 Å². The lowest BCUT2D eigenvalue weighted by Gasteiger charge is -2.69. The van der Waals surface area contributed by atoms with Gasteiger partial charge in [-0.25, -0.2) is 18.6 Å². The number of amides is 2. The van der Waals surface area contributed by atoms with Crippen molar-refractivity contribution >= 4 is 33.4 Å². The number of halogens is 2. The Balaban J connectivity index is 1.39. The fraction of sp³-hybridized carbons (Fsp3) is 0.486. The maximum Gasteiger partial charge on any atom is 0.410 e. The molecule has 48 heavy (non-hydrogen) atoms. The molecule has 10 nitrogen and oxygen atoms in total. The molecule has 13 heteroatoms. The molecule has 254 valence electrons. The van der Waals surface area contributed by atoms with Gasteiger partial charge in [0, 0.05) is 47.4 Å². The number of methoxy groups -OCH3 is 1. The number of ether oxygens (including phenoxy) is 3. The molecule has 3 aliphatic carbocycles. The third-order valence-corrected chi connectivity index (χ3v) is 10.6. The zero-order valence-corrected chi connectivity index (χ0v) is 28.7. The Morgan fingerprint density at radius 2 is 1.88 bits per heavy atom. The number of thiophene rings is 1. The van der Waals surface area contributed by atoms with Crippen LogP contribution in [0, 0.1) is 17.0 Å². The van der Waals surface area contributed by atoms with Crippen molar-refractivity contribution in [1.82, 2.24) is 25.0 Å². The standard InChI is InChI=1S/C35H39F2N5O5S/c1-19-14-42-21(15-41(19)32(44)47-33(2,3)4)13-24(40-42)28-27(26-23(37)11-20(36)12-25(26)46-9-8-45-6)29-22(7-10-48-29)30(39-28)34-16-35(17-34,18-34)31(43)38-5/h7,10-13,19H,8-9,14-18H2,1-6H3,(H,38,43)/t19-,34?,35?/m1/s1. The van der Waals surface area contributed by atoms with Crippen molar-refractivity contribution in [2.24, 2.45) is 5.41 Å². The Morgan fingerprint density at radius 3 is 2.56 bits per heavy atom. The first kappa shape index (κ1) is 32.4. The first-order valence-electron chi connectivity index (χ1n) is 16.1. The molecule has 4 aromatic rings. The summed E-state index contributed by atoms with van der Waals surface area (Å²) in [5.41, 5.74) is 1.75. The molecule has 3 saturated carbocycles. The van der Waals surface area contributed by atoms with E-state index >= 15 is 4.39 Å². The highest BCUT2D eigenvalue weighted by atomic mass is 32.1. The summed E-state index contributed by atoms with van der Waals surface area (Å²) in [5, 5.41) is 10.6. The molecule has 1 atom stereocenters. The third kappa shape index (κ3) is 5.22. The van der Waals surface area contributed by atoms with Crippen LogP contribution in [-0.4, -0.2) is 70.7 Å². The fourth-order valence-corrected chi connectivity index (χ4v) is 8.58. The van der Waals surface area contributed by atoms with Crippen molar-refractivity contribution in [2.75, 3.05) is 27.4 Å². The van der Waals surface area contributed by atoms with Crippen LogP contribution in [0.25, 0.3) is 32.6 Å². The quantitative estimate of drug-likeness (QED) is 0.214. The van der Waals surface area contributed by atoms with Crippen LogP contribution in [0.1, 0.15) is 58.3 Å². The highest BCUT2D eigenvalue weighted by Gasteiger charge is 2.72. The second kappa shape index (κ2) is 11.5. The predicted molar refractivity (Wildman–Crippen MR) is 177 cm³/mol. The number of carbonyl (C=O) groups excluding carboxylic acids is 2. The summed E-state index contributed by atoms with van der Waals surface area (Å²) in [6.45, 7) is 8.44. The summed E-state index contributed by atoms with van der Waals surface area (Å²) in [6, 6.07) is 5.69. The van der Waals surface area contributed by atoms with Crippen molar-refractivity contribution in [3.05, 3.63) is 52.7 Å². The summed E-state index contributed by atoms with van der Waals surface area (Å²) >= 11 is 1.44. The molecule has 1 N–H and O–H groups in total. The maximum absolute atomic E-state index is 16.1. The van der Waals surface area contributed by atoms with Gasteiger partial charge in [0.1, 0.15) is 41.0 Å². The van der Waals surface area contributed by atoms with E-state index in [0.29, 0.717) is 42.8 Å². The van der Waals surface area contributed by atoms with E-state index in [1.807, 2.05) is 49.9 Å². The molecule has 1 aromatic carbocycles. The van der Waals surface area contributed by atoms with Gasteiger partial charge in [-0.05, 0) is 64.5 Å². The van der Waals surface area contributed by atoms with Crippen LogP contribution in [0.5, 0.6) is 5.75 Å². The Bertz CT molecular complexity index is 1930. The smallest absolute Gasteiger partial charge is 0.410 e. The van der Waals surface area contributed by atoms with Gasteiger partial charge >= 0.3 is 6.09 Å². The normalized spacial score (nSPS) is 22.9. The van der Waals surface area contributed by atoms with E-state index in [-0.39, 0.29) is 48.4 Å². The molecule has 1 aliphatic heterocycles. The van der Waals surface area contributed by atoms with E-state index in [2.05, 4.69) is 5.32 Å². The molecule has 3 fully saturated rings. The van der Waals surface area contributed by atoms with Gasteiger partial charge in [-0.1, -0.05) is 0 Å². The summed E-state index contributed by atoms with van der Waals surface area (Å²) < 4.78 is 50.1. The van der Waals surface area contributed by atoms with Crippen LogP contribution >= 0.6 is 11.3 Å². The van der Waals surface area contributed by atoms with Gasteiger partial charge < -0.3 is 19.5 Å². The molecule has 3 aromatic heterocycles. The van der Waals surface area contributed by atoms with E-state index in [1.165, 1.54) is 24.5 Å². The molecule has 2 amide bonds. The van der Waals surface area contributed by atoms with Crippen LogP contribution in [0.4, 0.5) is 13.6 Å². The minimum Gasteiger partial charge on any atom is -0.490 e. The van der Waals surface area contributed by atoms with E-state index < -0.39 is 28.7 Å². The second-order valence-electron chi connectivity index (χ2n) is 14.3. The number of carbonyl (C=O) groups is 2. The highest BCUT2D eigenvalue weighted by Crippen LogP contribution is 2.74. The molecule has 8 rings (SSSR count). The lowest BCUT2D eigenvalue weighted by molar-refractivity contribution is -0.176. The summed E-state index contributed by atoms with van der Waals surface area (Å²) in [4.78, 5) is 32.8. The number of rotatable bonds is 8. The van der Waals surface area contributed by atoms with Crippen LogP contribution in [0.15, 0.2) is 29.6 Å². The molecular formula is C35H39F2N5O5S. The van der Waals surface area contributed by atoms with Gasteiger partial charge in [-0.2, -0.15) is 5.10 Å². The molecule has 0 radical (unpaired) electrons. The highest BCUT2D eigenvalue weighted by molar-refractivity contribution is 7.17. The zero-order chi connectivity index (χ0) is 34.2. The number of benzene rings is 1. The SMILES string of the molecule is CNC(=O)C12CC(c3nc(-c4cc5n(n4)C[C@@H](C)N(C(=O)OC(C)(C)C)C5)c(-c4c(F)cc(F)cc4OCCOC)c4sccc34)(C1)C2. The van der Waals surface area contributed by atoms with Crippen molar-refractivity contribution in [3.8, 4) is 28.3 Å². The lowest BCUT2D eigenvalue weighted by Crippen LogP contribution is -2.70. The molecule has 2 bridgehead atoms. The minimum absolute atomic E-state index is 0.0350. The van der Waals surface area contributed by atoms with Gasteiger partial charge in [0.15, 0.2) is 0 Å². The summed E-state index contributed by atoms with van der Waals surface area (Å²) in [7, 11) is 3.18. The number of hydrogen-bond acceptors (Lipinski definition) is 8. The summed E-state index contributed by atoms with van der Waals surface area (Å²) in [6.07, 6.45) is 1.61. The maximum atomic E-state index is 16.1. The molecule has 0 saturated heterocycles. The van der Waals surface area contributed by atoms with Crippen LogP contribution in [0.3, 0.4) is 0 Å². The summed E-state index contributed by atoms with van der Waals surface area (Å²) in [5.74, 6) is -1.47. The first-order valence-corrected chi connectivity index (χ1v) is 17.0. The number of nitrogens with one attached hydrogen (secondary N) is 1. The minimum atomic E-state index is -0.786. The predicted octanol–water partition coefficient (Wildman–Crippen LogP) is 6.44. The number of aromatic nitrogens is 3. The lowest BCUT2D eigenvalue weighted by atomic mass is 9.33. The Labute approximate surface area is 281 Å². The monoisotopic (exact) mass is 679 g/mol. The topological polar surface area (TPSA) is 108 Å². The van der Waals surface area contributed by atoms with E-state index in [1.54, 1.807) is 11.9 Å². The zero-order valence-electron chi connectivity index (χ0n) is 27.9. The molecule has 0 spiro atoms. The van der Waals surface area contributed by atoms with Gasteiger partial charge in [0.2, 0.25) is 5.91 Å². The van der Waals surface area contributed by atoms with E-state index in [4.69, 9.17) is 24.3 Å². The average Bonchev–Trinajstić information content (AvgIpc) is 3.62. The number of hydrogen-bond donors (Lipinski definition) is 1. The van der Waals surface area contributed by atoms with Crippen molar-refractivity contribution in [2.45, 2.75) is 77.1 Å². The Morgan fingerprint density at radius 1 is 1.12 bits per heavy atom. The number of nitrogens with zero attached hydrogens (tertiary/aromatic N) is 4. The largest absolute Gasteiger partial charge is 0.490 e. The molecule has 4 aliphatic rings. The number of pyridine rings is 1. The second-order valence-corrected chi connectivity index (χ2v) is 15.2. The molecule has 4 heterocycles. The van der Waals surface area contributed by atoms with Crippen LogP contribution in [0.2, 0.25) is 0 Å². The molecule has 0 unspecified atom stereocenters. The van der Waals surface area contributed by atoms with Gasteiger partial charge in [0.05, 0.1) is 48.1 Å². The average molecular weight is 680 g/mol. The van der Waals surface area contributed by atoms with Gasteiger partial charge in [-0.3, -0.25) is 14.4 Å². The fourth-order valence-electron chi connectivity index (χ4n) is 7.63. The Hall–Kier alpha value is -4.10. The number of fused-ring (bicyclic) bond motifs is 2. The van der Waals surface area contributed by atoms with Crippen LogP contribution in [-0.2, 0) is 32.8 Å².